The summed E-state index contributed by atoms with van der Waals surface area (Å²) in [5.41, 5.74) is 2.18. The third kappa shape index (κ3) is 16.1. The van der Waals surface area contributed by atoms with Crippen LogP contribution in [0.3, 0.4) is 0 Å². The molecule has 0 radical (unpaired) electrons. The second kappa shape index (κ2) is 22.6. The smallest absolute Gasteiger partial charge is 0.480 e. The van der Waals surface area contributed by atoms with Gasteiger partial charge in [-0.2, -0.15) is 0 Å². The molecule has 0 unspecified atom stereocenters. The van der Waals surface area contributed by atoms with Gasteiger partial charge in [-0.15, -0.1) is 0 Å². The van der Waals surface area contributed by atoms with Gasteiger partial charge in [0.2, 0.25) is 0 Å². The maximum Gasteiger partial charge on any atom is 7.00 e. The van der Waals surface area contributed by atoms with E-state index in [0.29, 0.717) is 30.0 Å². The van der Waals surface area contributed by atoms with Crippen molar-refractivity contribution in [3.63, 3.8) is 0 Å². The molecule has 222 valence electrons. The van der Waals surface area contributed by atoms with Crippen molar-refractivity contribution in [2.75, 3.05) is 58.0 Å². The number of carboxylic acids is 1. The van der Waals surface area contributed by atoms with Gasteiger partial charge in [-0.05, 0) is 56.6 Å². The van der Waals surface area contributed by atoms with E-state index in [2.05, 4.69) is 36.7 Å². The van der Waals surface area contributed by atoms with Crippen LogP contribution >= 0.6 is 0 Å². The molecule has 16 heteroatoms. The average Bonchev–Trinajstić information content (AvgIpc) is 2.99. The number of nitrogens with one attached hydrogen (secondary N) is 5. The number of carbonyl (C=O) groups excluding carboxylic acids is 2. The van der Waals surface area contributed by atoms with Gasteiger partial charge in [0.25, 0.3) is 11.8 Å². The van der Waals surface area contributed by atoms with E-state index >= 15 is 0 Å². The maximum absolute atomic E-state index is 11.9. The Balaban J connectivity index is 0.00000104. The zero-order valence-corrected chi connectivity index (χ0v) is 24.5. The monoisotopic (exact) mass is 661 g/mol. The van der Waals surface area contributed by atoms with Crippen LogP contribution in [-0.4, -0.2) is 106 Å². The number of hydrogen-bond donors (Lipinski definition) is 10. The summed E-state index contributed by atoms with van der Waals surface area (Å²) in [7, 11) is 0. The summed E-state index contributed by atoms with van der Waals surface area (Å²) in [6.45, 7) is 0.933. The predicted octanol–water partition coefficient (Wildman–Crippen LogP) is -1.94. The minimum absolute atomic E-state index is 0. The van der Waals surface area contributed by atoms with Crippen molar-refractivity contribution < 1.29 is 54.9 Å². The Bertz CT molecular complexity index is 991. The fourth-order valence-electron chi connectivity index (χ4n) is 3.01. The molecule has 2 amide bonds. The van der Waals surface area contributed by atoms with Crippen LogP contribution < -0.4 is 32.5 Å². The van der Waals surface area contributed by atoms with E-state index in [1.54, 1.807) is 36.7 Å². The van der Waals surface area contributed by atoms with Gasteiger partial charge in [0.05, 0.1) is 43.0 Å². The molecule has 2 aromatic rings. The average molecular weight is 663 g/mol. The molecule has 0 bridgehead atoms. The minimum atomic E-state index is -1.31. The number of carboxylic acid groups (broad SMARTS) is 1. The van der Waals surface area contributed by atoms with E-state index in [0.717, 1.165) is 32.4 Å². The number of carbonyl (C=O) groups is 3. The number of rotatable bonds is 18. The summed E-state index contributed by atoms with van der Waals surface area (Å²) in [5.74, 6) is 4.38. The molecule has 0 aromatic carbocycles. The van der Waals surface area contributed by atoms with E-state index in [-0.39, 0.29) is 31.9 Å². The number of aliphatic hydroxyl groups is 3. The van der Waals surface area contributed by atoms with Crippen molar-refractivity contribution in [3.05, 3.63) is 54.0 Å². The van der Waals surface area contributed by atoms with Crippen molar-refractivity contribution in [1.29, 1.82) is 0 Å². The first-order valence-electron chi connectivity index (χ1n) is 12.7. The molecule has 0 aliphatic rings. The number of aromatic nitrogens is 2. The Hall–Kier alpha value is -3.08. The number of unbranched alkanes of at least 4 members (excludes halogenated alkanes) is 1. The van der Waals surface area contributed by atoms with Crippen molar-refractivity contribution in [2.24, 2.45) is 5.84 Å². The molecule has 11 N–H and O–H groups in total. The molecule has 15 nitrogen and oxygen atoms in total. The second-order valence-electron chi connectivity index (χ2n) is 8.64. The summed E-state index contributed by atoms with van der Waals surface area (Å²) >= 11 is 0. The number of nitrogens with two attached hydrogens (primary N) is 1. The van der Waals surface area contributed by atoms with Crippen LogP contribution in [-0.2, 0) is 24.9 Å². The third-order valence-electron chi connectivity index (χ3n) is 5.50. The number of hydrogen-bond acceptors (Lipinski definition) is 12. The summed E-state index contributed by atoms with van der Waals surface area (Å²) in [4.78, 5) is 41.8. The van der Waals surface area contributed by atoms with Crippen molar-refractivity contribution in [1.82, 2.24) is 31.2 Å². The van der Waals surface area contributed by atoms with Gasteiger partial charge in [0.15, 0.2) is 0 Å². The van der Waals surface area contributed by atoms with Crippen molar-refractivity contribution in [3.8, 4) is 0 Å². The zero-order chi connectivity index (χ0) is 29.6. The van der Waals surface area contributed by atoms with E-state index in [4.69, 9.17) is 26.3 Å². The normalized spacial score (nSPS) is 10.4. The maximum atomic E-state index is 11.9. The summed E-state index contributed by atoms with van der Waals surface area (Å²) in [6, 6.07) is 6.80. The van der Waals surface area contributed by atoms with E-state index in [1.807, 2.05) is 0 Å². The molecule has 2 rings (SSSR count). The van der Waals surface area contributed by atoms with Gasteiger partial charge in [-0.25, -0.2) is 10.8 Å². The Kier molecular flexibility index (Phi) is 20.9. The number of anilines is 1. The van der Waals surface area contributed by atoms with Crippen LogP contribution in [0.25, 0.3) is 0 Å². The molecular formula is C25H40N8O7Tc+7. The van der Waals surface area contributed by atoms with Crippen LogP contribution in [0.4, 0.5) is 5.82 Å². The number of nitrogens with zero attached hydrogens (tertiary/aromatic N) is 2. The molecule has 0 atom stereocenters. The van der Waals surface area contributed by atoms with Crippen LogP contribution in [0, 0.1) is 0 Å². The Morgan fingerprint density at radius 2 is 1.41 bits per heavy atom. The Labute approximate surface area is 252 Å². The van der Waals surface area contributed by atoms with Crippen molar-refractivity contribution >= 4 is 23.6 Å². The molecule has 0 aliphatic carbocycles. The first kappa shape index (κ1) is 37.9. The molecule has 0 fully saturated rings. The minimum Gasteiger partial charge on any atom is -0.480 e. The summed E-state index contributed by atoms with van der Waals surface area (Å²) in [6.07, 6.45) is 7.37. The van der Waals surface area contributed by atoms with Gasteiger partial charge >= 0.3 is 26.1 Å². The Morgan fingerprint density at radius 3 is 1.93 bits per heavy atom. The summed E-state index contributed by atoms with van der Waals surface area (Å²) in [5, 5.41) is 45.8. The quantitative estimate of drug-likeness (QED) is 0.0475. The molecule has 0 saturated heterocycles. The number of aliphatic carboxylic acids is 1. The van der Waals surface area contributed by atoms with E-state index < -0.39 is 37.9 Å². The molecular weight excluding hydrogens is 622 g/mol. The van der Waals surface area contributed by atoms with Crippen LogP contribution in [0.1, 0.15) is 40.0 Å². The van der Waals surface area contributed by atoms with Gasteiger partial charge in [0, 0.05) is 31.7 Å². The molecule has 41 heavy (non-hydrogen) atoms. The number of amides is 2. The second-order valence-corrected chi connectivity index (χ2v) is 8.64. The SMILES string of the molecule is NNc1ccc(C(=O)NCCCNCCCCNC(=O)c2cccnc2)cn1.O=C(O)CNC(CO)(CO)CO.[Tc+7]. The van der Waals surface area contributed by atoms with E-state index in [1.165, 1.54) is 6.20 Å². The van der Waals surface area contributed by atoms with E-state index in [9.17, 15) is 14.4 Å². The predicted molar refractivity (Wildman–Crippen MR) is 147 cm³/mol. The van der Waals surface area contributed by atoms with Gasteiger partial charge in [-0.1, -0.05) is 0 Å². The number of nitrogen functional groups attached to an aromatic ring is 1. The number of aliphatic hydroxyl groups excluding tert-OH is 3. The molecule has 0 saturated carbocycles. The zero-order valence-electron chi connectivity index (χ0n) is 22.7. The molecule has 0 aliphatic heterocycles. The first-order chi connectivity index (χ1) is 19.3. The molecule has 2 heterocycles. The van der Waals surface area contributed by atoms with Gasteiger partial charge < -0.3 is 41.8 Å². The van der Waals surface area contributed by atoms with Gasteiger partial charge in [0.1, 0.15) is 5.82 Å². The first-order valence-corrected chi connectivity index (χ1v) is 12.7. The fraction of sp³-hybridized carbons (Fsp3) is 0.480. The largest absolute Gasteiger partial charge is 7.00 e. The van der Waals surface area contributed by atoms with Gasteiger partial charge in [-0.3, -0.25) is 24.7 Å². The number of hydrazine groups is 1. The molecule has 2 aromatic heterocycles. The summed E-state index contributed by atoms with van der Waals surface area (Å²) < 4.78 is 0. The topological polar surface area (TPSA) is 244 Å². The number of pyridine rings is 2. The third-order valence-corrected chi connectivity index (χ3v) is 5.50. The fourth-order valence-corrected chi connectivity index (χ4v) is 3.01. The standard InChI is InChI=1S/C19H27N7O2.C6H13NO5.Tc/c20-26-17-7-6-16(14-25-17)19(28)24-12-4-10-21-8-1-2-11-23-18(27)15-5-3-9-22-13-15;8-2-6(3-9,4-10)7-1-5(11)12;/h3,5-7,9,13-14,21H,1-2,4,8,10-12,20H2,(H,23,27)(H,24,28)(H,25,26);7-10H,1-4H2,(H,11,12);/q;;+7. The van der Waals surface area contributed by atoms with Crippen LogP contribution in [0.15, 0.2) is 42.9 Å². The van der Waals surface area contributed by atoms with Crippen LogP contribution in [0.2, 0.25) is 0 Å². The molecule has 0 spiro atoms. The van der Waals surface area contributed by atoms with Crippen LogP contribution in [0.5, 0.6) is 0 Å². The Morgan fingerprint density at radius 1 is 0.829 bits per heavy atom. The van der Waals surface area contributed by atoms with Crippen molar-refractivity contribution in [2.45, 2.75) is 24.8 Å².